The van der Waals surface area contributed by atoms with Crippen LogP contribution in [0.4, 0.5) is 4.79 Å². The monoisotopic (exact) mass is 263 g/mol. The van der Waals surface area contributed by atoms with Crippen molar-refractivity contribution in [2.24, 2.45) is 5.92 Å². The van der Waals surface area contributed by atoms with Crippen molar-refractivity contribution in [2.75, 3.05) is 20.1 Å². The summed E-state index contributed by atoms with van der Waals surface area (Å²) in [4.78, 5) is 27.7. The van der Waals surface area contributed by atoms with Crippen LogP contribution in [0.25, 0.3) is 0 Å². The minimum Gasteiger partial charge on any atom is -0.465 e. The molecule has 19 heavy (non-hydrogen) atoms. The minimum atomic E-state index is -0.851. The Morgan fingerprint density at radius 1 is 1.53 bits per heavy atom. The fourth-order valence-electron chi connectivity index (χ4n) is 2.31. The molecule has 1 fully saturated rings. The molecule has 1 atom stereocenters. The number of pyridine rings is 1. The standard InChI is InChI=1S/C13H17N3O3/c1-14-12(17)11-3-2-9(7-15-11)6-10-4-5-16(8-10)13(18)19/h2-3,7,10H,4-6,8H2,1H3,(H,14,17)(H,18,19)/t10-/m0/s1. The molecule has 1 aliphatic heterocycles. The van der Waals surface area contributed by atoms with Crippen LogP contribution < -0.4 is 5.32 Å². The zero-order chi connectivity index (χ0) is 13.8. The highest BCUT2D eigenvalue weighted by molar-refractivity contribution is 5.91. The van der Waals surface area contributed by atoms with Crippen molar-refractivity contribution < 1.29 is 14.7 Å². The van der Waals surface area contributed by atoms with Crippen molar-refractivity contribution >= 4 is 12.0 Å². The van der Waals surface area contributed by atoms with Gasteiger partial charge < -0.3 is 15.3 Å². The third kappa shape index (κ3) is 3.21. The topological polar surface area (TPSA) is 82.5 Å². The number of hydrogen-bond acceptors (Lipinski definition) is 3. The van der Waals surface area contributed by atoms with E-state index in [1.807, 2.05) is 6.07 Å². The van der Waals surface area contributed by atoms with Gasteiger partial charge in [0.1, 0.15) is 5.69 Å². The summed E-state index contributed by atoms with van der Waals surface area (Å²) in [6, 6.07) is 3.57. The zero-order valence-corrected chi connectivity index (χ0v) is 10.8. The molecule has 0 bridgehead atoms. The number of amides is 2. The van der Waals surface area contributed by atoms with Crippen LogP contribution in [0.15, 0.2) is 18.3 Å². The van der Waals surface area contributed by atoms with Gasteiger partial charge in [-0.1, -0.05) is 6.07 Å². The maximum Gasteiger partial charge on any atom is 0.407 e. The molecule has 0 radical (unpaired) electrons. The molecule has 2 amide bonds. The summed E-state index contributed by atoms with van der Waals surface area (Å²) >= 11 is 0. The highest BCUT2D eigenvalue weighted by Gasteiger charge is 2.25. The molecule has 2 rings (SSSR count). The molecule has 0 spiro atoms. The second-order valence-electron chi connectivity index (χ2n) is 4.72. The summed E-state index contributed by atoms with van der Waals surface area (Å²) in [6.07, 6.45) is 2.51. The lowest BCUT2D eigenvalue weighted by Gasteiger charge is -2.12. The third-order valence-corrected chi connectivity index (χ3v) is 3.37. The van der Waals surface area contributed by atoms with E-state index in [0.29, 0.717) is 24.7 Å². The van der Waals surface area contributed by atoms with Gasteiger partial charge in [0.25, 0.3) is 5.91 Å². The molecule has 1 aromatic heterocycles. The second kappa shape index (κ2) is 5.69. The first-order valence-corrected chi connectivity index (χ1v) is 6.25. The molecule has 1 aliphatic rings. The Bertz CT molecular complexity index is 473. The molecule has 0 saturated carbocycles. The summed E-state index contributed by atoms with van der Waals surface area (Å²) in [6.45, 7) is 1.18. The molecule has 6 nitrogen and oxygen atoms in total. The molecular formula is C13H17N3O3. The van der Waals surface area contributed by atoms with Gasteiger partial charge >= 0.3 is 6.09 Å². The molecule has 6 heteroatoms. The molecule has 2 N–H and O–H groups in total. The van der Waals surface area contributed by atoms with Crippen molar-refractivity contribution in [3.8, 4) is 0 Å². The Balaban J connectivity index is 1.93. The first-order chi connectivity index (χ1) is 9.10. The van der Waals surface area contributed by atoms with E-state index < -0.39 is 6.09 Å². The zero-order valence-electron chi connectivity index (χ0n) is 10.8. The Hall–Kier alpha value is -2.11. The predicted molar refractivity (Wildman–Crippen MR) is 69.0 cm³/mol. The number of aromatic nitrogens is 1. The van der Waals surface area contributed by atoms with Crippen LogP contribution in [0.5, 0.6) is 0 Å². The number of rotatable bonds is 3. The van der Waals surface area contributed by atoms with E-state index in [1.165, 1.54) is 4.90 Å². The van der Waals surface area contributed by atoms with Crippen LogP contribution in [-0.2, 0) is 6.42 Å². The highest BCUT2D eigenvalue weighted by Crippen LogP contribution is 2.20. The number of carboxylic acid groups (broad SMARTS) is 1. The largest absolute Gasteiger partial charge is 0.465 e. The van der Waals surface area contributed by atoms with Crippen LogP contribution in [0, 0.1) is 5.92 Å². The van der Waals surface area contributed by atoms with Gasteiger partial charge in [0.15, 0.2) is 0 Å². The van der Waals surface area contributed by atoms with E-state index in [-0.39, 0.29) is 5.91 Å². The molecular weight excluding hydrogens is 246 g/mol. The lowest BCUT2D eigenvalue weighted by atomic mass is 10.00. The summed E-state index contributed by atoms with van der Waals surface area (Å²) in [5.41, 5.74) is 1.43. The van der Waals surface area contributed by atoms with Crippen molar-refractivity contribution in [1.82, 2.24) is 15.2 Å². The SMILES string of the molecule is CNC(=O)c1ccc(C[C@@H]2CCN(C(=O)O)C2)cn1. The predicted octanol–water partition coefficient (Wildman–Crippen LogP) is 0.984. The number of carbonyl (C=O) groups is 2. The van der Waals surface area contributed by atoms with E-state index in [1.54, 1.807) is 19.3 Å². The van der Waals surface area contributed by atoms with Crippen molar-refractivity contribution in [3.63, 3.8) is 0 Å². The van der Waals surface area contributed by atoms with Crippen LogP contribution >= 0.6 is 0 Å². The van der Waals surface area contributed by atoms with Crippen molar-refractivity contribution in [3.05, 3.63) is 29.6 Å². The smallest absolute Gasteiger partial charge is 0.407 e. The van der Waals surface area contributed by atoms with E-state index in [9.17, 15) is 9.59 Å². The van der Waals surface area contributed by atoms with Gasteiger partial charge in [0, 0.05) is 26.3 Å². The number of carbonyl (C=O) groups excluding carboxylic acids is 1. The molecule has 0 unspecified atom stereocenters. The number of nitrogens with one attached hydrogen (secondary N) is 1. The molecule has 102 valence electrons. The lowest BCUT2D eigenvalue weighted by Crippen LogP contribution is -2.26. The van der Waals surface area contributed by atoms with Gasteiger partial charge in [0.05, 0.1) is 0 Å². The number of nitrogens with zero attached hydrogens (tertiary/aromatic N) is 2. The fourth-order valence-corrected chi connectivity index (χ4v) is 2.31. The first-order valence-electron chi connectivity index (χ1n) is 6.25. The van der Waals surface area contributed by atoms with E-state index in [2.05, 4.69) is 10.3 Å². The quantitative estimate of drug-likeness (QED) is 0.851. The molecule has 0 aliphatic carbocycles. The van der Waals surface area contributed by atoms with Gasteiger partial charge in [-0.3, -0.25) is 9.78 Å². The van der Waals surface area contributed by atoms with Gasteiger partial charge in [-0.15, -0.1) is 0 Å². The Morgan fingerprint density at radius 3 is 2.84 bits per heavy atom. The molecule has 1 aromatic rings. The summed E-state index contributed by atoms with van der Waals surface area (Å²) in [5, 5.41) is 11.4. The van der Waals surface area contributed by atoms with Gasteiger partial charge in [-0.05, 0) is 30.4 Å². The summed E-state index contributed by atoms with van der Waals surface area (Å²) < 4.78 is 0. The van der Waals surface area contributed by atoms with Crippen LogP contribution in [-0.4, -0.2) is 47.1 Å². The summed E-state index contributed by atoms with van der Waals surface area (Å²) in [7, 11) is 1.57. The second-order valence-corrected chi connectivity index (χ2v) is 4.72. The van der Waals surface area contributed by atoms with Gasteiger partial charge in [0.2, 0.25) is 0 Å². The van der Waals surface area contributed by atoms with Crippen molar-refractivity contribution in [1.29, 1.82) is 0 Å². The average molecular weight is 263 g/mol. The van der Waals surface area contributed by atoms with E-state index in [4.69, 9.17) is 5.11 Å². The maximum atomic E-state index is 11.3. The highest BCUT2D eigenvalue weighted by atomic mass is 16.4. The Labute approximate surface area is 111 Å². The lowest BCUT2D eigenvalue weighted by molar-refractivity contribution is 0.0958. The molecule has 1 saturated heterocycles. The van der Waals surface area contributed by atoms with Crippen molar-refractivity contribution in [2.45, 2.75) is 12.8 Å². The van der Waals surface area contributed by atoms with E-state index in [0.717, 1.165) is 18.4 Å². The average Bonchev–Trinajstić information content (AvgIpc) is 2.87. The Kier molecular flexibility index (Phi) is 3.99. The van der Waals surface area contributed by atoms with Crippen LogP contribution in [0.1, 0.15) is 22.5 Å². The molecule has 2 heterocycles. The number of hydrogen-bond donors (Lipinski definition) is 2. The number of likely N-dealkylation sites (tertiary alicyclic amines) is 1. The summed E-state index contributed by atoms with van der Waals surface area (Å²) in [5.74, 6) is 0.133. The van der Waals surface area contributed by atoms with Crippen LogP contribution in [0.2, 0.25) is 0 Å². The van der Waals surface area contributed by atoms with Crippen LogP contribution in [0.3, 0.4) is 0 Å². The Morgan fingerprint density at radius 2 is 2.32 bits per heavy atom. The van der Waals surface area contributed by atoms with Gasteiger partial charge in [-0.2, -0.15) is 0 Å². The van der Waals surface area contributed by atoms with Gasteiger partial charge in [-0.25, -0.2) is 4.79 Å². The van der Waals surface area contributed by atoms with E-state index >= 15 is 0 Å². The first kappa shape index (κ1) is 13.3. The third-order valence-electron chi connectivity index (χ3n) is 3.37. The maximum absolute atomic E-state index is 11.3. The normalized spacial score (nSPS) is 18.4. The minimum absolute atomic E-state index is 0.204. The fraction of sp³-hybridized carbons (Fsp3) is 0.462. The molecule has 0 aromatic carbocycles.